The molecule has 1 saturated carbocycles. The Labute approximate surface area is 271 Å². The van der Waals surface area contributed by atoms with E-state index in [0.717, 1.165) is 79.0 Å². The van der Waals surface area contributed by atoms with E-state index in [1.54, 1.807) is 42.5 Å². The summed E-state index contributed by atoms with van der Waals surface area (Å²) in [6.45, 7) is 8.71. The lowest BCUT2D eigenvalue weighted by Gasteiger charge is -2.58. The normalized spacial score (nSPS) is 26.7. The number of ether oxygens (including phenoxy) is 3. The molecule has 2 aromatic rings. The van der Waals surface area contributed by atoms with Crippen LogP contribution in [-0.2, 0) is 16.0 Å². The molecule has 0 saturated heterocycles. The van der Waals surface area contributed by atoms with Crippen molar-refractivity contribution in [3.8, 4) is 11.5 Å². The van der Waals surface area contributed by atoms with Gasteiger partial charge in [-0.15, -0.1) is 6.58 Å². The van der Waals surface area contributed by atoms with Crippen molar-refractivity contribution in [2.24, 2.45) is 17.8 Å². The van der Waals surface area contributed by atoms with Crippen LogP contribution < -0.4 is 9.47 Å². The highest BCUT2D eigenvalue weighted by Gasteiger charge is 2.64. The SMILES string of the molecule is C=CCOc1ccc2c(c1)[C@H]1[C@H](CCCCO)[C@@H](CCCCO)C=C3C(=O)C[C@H](SCCc4cnccn4)[C@@](OCC=C)(O2)[C@H]31. The summed E-state index contributed by atoms with van der Waals surface area (Å²) < 4.78 is 19.8. The third-order valence-electron chi connectivity index (χ3n) is 9.26. The Kier molecular flexibility index (Phi) is 11.9. The van der Waals surface area contributed by atoms with Crippen molar-refractivity contribution in [3.05, 3.63) is 85.0 Å². The van der Waals surface area contributed by atoms with Crippen LogP contribution in [-0.4, -0.2) is 69.2 Å². The van der Waals surface area contributed by atoms with Gasteiger partial charge in [0.2, 0.25) is 5.79 Å². The first-order valence-corrected chi connectivity index (χ1v) is 17.3. The molecule has 2 aliphatic carbocycles. The number of carbonyl (C=O) groups is 1. The molecule has 9 heteroatoms. The zero-order valence-corrected chi connectivity index (χ0v) is 26.8. The molecule has 0 radical (unpaired) electrons. The molecule has 0 spiro atoms. The lowest BCUT2D eigenvalue weighted by atomic mass is 9.56. The standard InChI is InChI=1S/C36H46N2O6S/c1-3-18-42-27-11-12-32-30(22-27)34-28(10-6-8-17-40)25(9-5-7-16-39)21-29-31(41)23-33(36(44-32,35(29)34)43-19-4-2)45-20-13-26-24-37-14-15-38-26/h3-4,11-12,14-15,21-22,24-25,28,33-35,39-40H,1-2,5-10,13,16-20,23H2/t25-,28+,33-,34+,35+,36+/m0/s1. The summed E-state index contributed by atoms with van der Waals surface area (Å²) in [7, 11) is 0. The van der Waals surface area contributed by atoms with Crippen LogP contribution in [0.5, 0.6) is 11.5 Å². The maximum atomic E-state index is 14.1. The molecule has 8 nitrogen and oxygen atoms in total. The number of benzene rings is 1. The predicted octanol–water partition coefficient (Wildman–Crippen LogP) is 5.85. The average molecular weight is 635 g/mol. The lowest BCUT2D eigenvalue weighted by Crippen LogP contribution is -2.64. The van der Waals surface area contributed by atoms with Crippen molar-refractivity contribution in [3.63, 3.8) is 0 Å². The van der Waals surface area contributed by atoms with Crippen LogP contribution in [0.2, 0.25) is 0 Å². The third-order valence-corrected chi connectivity index (χ3v) is 10.6. The van der Waals surface area contributed by atoms with Gasteiger partial charge in [-0.2, -0.15) is 11.8 Å². The maximum absolute atomic E-state index is 14.1. The van der Waals surface area contributed by atoms with Gasteiger partial charge < -0.3 is 24.4 Å². The fraction of sp³-hybridized carbons (Fsp3) is 0.528. The first kappa shape index (κ1) is 33.4. The average Bonchev–Trinajstić information content (AvgIpc) is 3.06. The fourth-order valence-corrected chi connectivity index (χ4v) is 8.75. The molecular weight excluding hydrogens is 588 g/mol. The van der Waals surface area contributed by atoms with Crippen LogP contribution in [0.25, 0.3) is 0 Å². The molecule has 1 aromatic carbocycles. The summed E-state index contributed by atoms with van der Waals surface area (Å²) in [6, 6.07) is 5.97. The highest BCUT2D eigenvalue weighted by atomic mass is 32.2. The number of fused-ring (bicyclic) bond motifs is 2. The number of rotatable bonds is 18. The second-order valence-corrected chi connectivity index (χ2v) is 13.4. The lowest BCUT2D eigenvalue weighted by molar-refractivity contribution is -0.227. The molecule has 5 rings (SSSR count). The molecule has 1 aromatic heterocycles. The van der Waals surface area contributed by atoms with E-state index in [2.05, 4.69) is 35.3 Å². The van der Waals surface area contributed by atoms with E-state index in [1.165, 1.54) is 0 Å². The van der Waals surface area contributed by atoms with Gasteiger partial charge in [0.1, 0.15) is 18.1 Å². The Balaban J connectivity index is 1.61. The minimum absolute atomic E-state index is 0.0593. The van der Waals surface area contributed by atoms with Crippen molar-refractivity contribution < 1.29 is 29.2 Å². The van der Waals surface area contributed by atoms with Gasteiger partial charge in [-0.3, -0.25) is 14.8 Å². The molecule has 0 bridgehead atoms. The van der Waals surface area contributed by atoms with Crippen molar-refractivity contribution in [1.82, 2.24) is 9.97 Å². The first-order chi connectivity index (χ1) is 22.1. The number of aromatic nitrogens is 2. The molecule has 0 amide bonds. The number of Topliss-reactive ketones (excluding diaryl/α,β-unsaturated/α-hetero) is 1. The van der Waals surface area contributed by atoms with Crippen LogP contribution in [0, 0.1) is 17.8 Å². The topological polar surface area (TPSA) is 111 Å². The van der Waals surface area contributed by atoms with E-state index in [9.17, 15) is 15.0 Å². The molecule has 0 unspecified atom stereocenters. The summed E-state index contributed by atoms with van der Waals surface area (Å²) in [5.74, 6) is 1.25. The van der Waals surface area contributed by atoms with E-state index in [0.29, 0.717) is 13.0 Å². The number of carbonyl (C=O) groups excluding carboxylic acids is 1. The summed E-state index contributed by atoms with van der Waals surface area (Å²) in [4.78, 5) is 22.8. The maximum Gasteiger partial charge on any atom is 0.230 e. The summed E-state index contributed by atoms with van der Waals surface area (Å²) >= 11 is 1.70. The molecule has 1 fully saturated rings. The van der Waals surface area contributed by atoms with Gasteiger partial charge in [0, 0.05) is 61.7 Å². The number of hydrogen-bond donors (Lipinski definition) is 2. The van der Waals surface area contributed by atoms with Crippen LogP contribution in [0.1, 0.15) is 62.1 Å². The summed E-state index contributed by atoms with van der Waals surface area (Å²) in [5.41, 5.74) is 2.73. The van der Waals surface area contributed by atoms with Crippen LogP contribution >= 0.6 is 11.8 Å². The Morgan fingerprint density at radius 1 is 1.07 bits per heavy atom. The van der Waals surface area contributed by atoms with Gasteiger partial charge in [0.15, 0.2) is 5.78 Å². The van der Waals surface area contributed by atoms with Crippen LogP contribution in [0.15, 0.2) is 73.7 Å². The van der Waals surface area contributed by atoms with Gasteiger partial charge in [-0.25, -0.2) is 0 Å². The third kappa shape index (κ3) is 7.38. The molecular formula is C36H46N2O6S. The molecule has 2 heterocycles. The first-order valence-electron chi connectivity index (χ1n) is 16.2. The zero-order valence-electron chi connectivity index (χ0n) is 26.0. The number of aliphatic hydroxyl groups excluding tert-OH is 2. The van der Waals surface area contributed by atoms with E-state index >= 15 is 0 Å². The Hall–Kier alpha value is -2.98. The minimum atomic E-state index is -1.08. The van der Waals surface area contributed by atoms with Gasteiger partial charge in [0.25, 0.3) is 0 Å². The Morgan fingerprint density at radius 3 is 2.60 bits per heavy atom. The Bertz CT molecular complexity index is 1340. The number of allylic oxidation sites excluding steroid dienone is 1. The van der Waals surface area contributed by atoms with Crippen molar-refractivity contribution in [1.29, 1.82) is 0 Å². The number of thioether (sulfide) groups is 1. The smallest absolute Gasteiger partial charge is 0.230 e. The van der Waals surface area contributed by atoms with Crippen molar-refractivity contribution in [2.45, 2.75) is 68.3 Å². The summed E-state index contributed by atoms with van der Waals surface area (Å²) in [5, 5.41) is 19.0. The number of ketones is 1. The second kappa shape index (κ2) is 16.0. The van der Waals surface area contributed by atoms with E-state index in [-0.39, 0.29) is 54.5 Å². The number of unbranched alkanes of at least 4 members (excludes halogenated alkanes) is 2. The molecule has 2 N–H and O–H groups in total. The Morgan fingerprint density at radius 2 is 1.87 bits per heavy atom. The fourth-order valence-electron chi connectivity index (χ4n) is 7.38. The van der Waals surface area contributed by atoms with Gasteiger partial charge >= 0.3 is 0 Å². The quantitative estimate of drug-likeness (QED) is 0.154. The van der Waals surface area contributed by atoms with Crippen molar-refractivity contribution >= 4 is 17.5 Å². The molecule has 45 heavy (non-hydrogen) atoms. The second-order valence-electron chi connectivity index (χ2n) is 12.0. The summed E-state index contributed by atoms with van der Waals surface area (Å²) in [6.07, 6.45) is 16.8. The largest absolute Gasteiger partial charge is 0.490 e. The molecule has 242 valence electrons. The minimum Gasteiger partial charge on any atom is -0.490 e. The molecule has 1 aliphatic heterocycles. The predicted molar refractivity (Wildman–Crippen MR) is 176 cm³/mol. The van der Waals surface area contributed by atoms with Crippen LogP contribution in [0.4, 0.5) is 0 Å². The highest BCUT2D eigenvalue weighted by molar-refractivity contribution is 8.00. The van der Waals surface area contributed by atoms with Gasteiger partial charge in [-0.1, -0.05) is 37.6 Å². The van der Waals surface area contributed by atoms with E-state index < -0.39 is 5.79 Å². The zero-order chi connectivity index (χ0) is 31.6. The number of hydrogen-bond acceptors (Lipinski definition) is 9. The van der Waals surface area contributed by atoms with E-state index in [1.807, 2.05) is 12.1 Å². The highest BCUT2D eigenvalue weighted by Crippen LogP contribution is 2.62. The monoisotopic (exact) mass is 634 g/mol. The molecule has 6 atom stereocenters. The van der Waals surface area contributed by atoms with Crippen molar-refractivity contribution in [2.75, 3.05) is 32.2 Å². The molecule has 3 aliphatic rings. The van der Waals surface area contributed by atoms with Crippen LogP contribution in [0.3, 0.4) is 0 Å². The number of aliphatic hydroxyl groups is 2. The number of nitrogens with zero attached hydrogens (tertiary/aromatic N) is 2. The van der Waals surface area contributed by atoms with Gasteiger partial charge in [-0.05, 0) is 61.5 Å². The number of aryl methyl sites for hydroxylation is 1. The van der Waals surface area contributed by atoms with E-state index in [4.69, 9.17) is 14.2 Å². The van der Waals surface area contributed by atoms with Gasteiger partial charge in [0.05, 0.1) is 23.5 Å².